The molecule has 3 N–H and O–H groups in total. The van der Waals surface area contributed by atoms with Crippen LogP contribution in [0.2, 0.25) is 0 Å². The smallest absolute Gasteiger partial charge is 0.315 e. The molecule has 2 amide bonds. The fourth-order valence-electron chi connectivity index (χ4n) is 1.69. The van der Waals surface area contributed by atoms with Crippen molar-refractivity contribution in [3.05, 3.63) is 0 Å². The highest BCUT2D eigenvalue weighted by Crippen LogP contribution is 2.18. The molecule has 0 fully saturated rings. The van der Waals surface area contributed by atoms with Crippen molar-refractivity contribution in [2.75, 3.05) is 20.3 Å². The Kier molecular flexibility index (Phi) is 8.96. The van der Waals surface area contributed by atoms with E-state index in [1.807, 2.05) is 6.92 Å². The van der Waals surface area contributed by atoms with Crippen molar-refractivity contribution in [2.45, 2.75) is 52.5 Å². The second kappa shape index (κ2) is 9.58. The van der Waals surface area contributed by atoms with Gasteiger partial charge in [0.25, 0.3) is 0 Å². The first-order valence-corrected chi connectivity index (χ1v) is 7.02. The Morgan fingerprint density at radius 2 is 2.00 bits per heavy atom. The summed E-state index contributed by atoms with van der Waals surface area (Å²) >= 11 is 0. The van der Waals surface area contributed by atoms with E-state index in [1.54, 1.807) is 7.11 Å². The van der Waals surface area contributed by atoms with E-state index in [0.29, 0.717) is 26.0 Å². The van der Waals surface area contributed by atoms with Gasteiger partial charge in [-0.25, -0.2) is 4.79 Å². The predicted octanol–water partition coefficient (Wildman–Crippen LogP) is 1.99. The number of aliphatic carboxylic acids is 1. The molecule has 0 aliphatic carbocycles. The number of methoxy groups -OCH3 is 1. The van der Waals surface area contributed by atoms with Gasteiger partial charge >= 0.3 is 12.0 Å². The number of carboxylic acid groups (broad SMARTS) is 1. The first kappa shape index (κ1) is 18.7. The van der Waals surface area contributed by atoms with Gasteiger partial charge in [-0.3, -0.25) is 4.79 Å². The molecule has 1 unspecified atom stereocenters. The van der Waals surface area contributed by atoms with E-state index in [0.717, 1.165) is 6.42 Å². The number of hydrogen-bond donors (Lipinski definition) is 3. The van der Waals surface area contributed by atoms with E-state index < -0.39 is 5.97 Å². The van der Waals surface area contributed by atoms with Crippen LogP contribution in [0.15, 0.2) is 0 Å². The molecule has 0 aliphatic heterocycles. The number of carbonyl (C=O) groups is 2. The average Bonchev–Trinajstić information content (AvgIpc) is 2.34. The van der Waals surface area contributed by atoms with Crippen LogP contribution in [0.5, 0.6) is 0 Å². The Balaban J connectivity index is 3.84. The molecule has 1 atom stereocenters. The fraction of sp³-hybridized carbons (Fsp3) is 0.857. The van der Waals surface area contributed by atoms with Crippen LogP contribution < -0.4 is 10.6 Å². The second-order valence-corrected chi connectivity index (χ2v) is 5.92. The van der Waals surface area contributed by atoms with Crippen molar-refractivity contribution >= 4 is 12.0 Å². The molecule has 0 aliphatic rings. The maximum Gasteiger partial charge on any atom is 0.315 e. The van der Waals surface area contributed by atoms with Gasteiger partial charge in [-0.15, -0.1) is 0 Å². The summed E-state index contributed by atoms with van der Waals surface area (Å²) in [5, 5.41) is 14.2. The van der Waals surface area contributed by atoms with E-state index >= 15 is 0 Å². The molecule has 118 valence electrons. The Morgan fingerprint density at radius 3 is 2.55 bits per heavy atom. The summed E-state index contributed by atoms with van der Waals surface area (Å²) in [6.45, 7) is 7.26. The summed E-state index contributed by atoms with van der Waals surface area (Å²) in [6, 6.07) is -0.241. The SMILES string of the molecule is COCCC(C)(C)CNC(=O)NC(C)CCCC(=O)O. The summed E-state index contributed by atoms with van der Waals surface area (Å²) in [4.78, 5) is 22.1. The molecule has 6 heteroatoms. The highest BCUT2D eigenvalue weighted by atomic mass is 16.5. The average molecular weight is 288 g/mol. The third-order valence-corrected chi connectivity index (χ3v) is 3.12. The van der Waals surface area contributed by atoms with Crippen LogP contribution in [0.25, 0.3) is 0 Å². The quantitative estimate of drug-likeness (QED) is 0.573. The monoisotopic (exact) mass is 288 g/mol. The first-order chi connectivity index (χ1) is 9.26. The van der Waals surface area contributed by atoms with Crippen LogP contribution >= 0.6 is 0 Å². The maximum atomic E-state index is 11.7. The van der Waals surface area contributed by atoms with E-state index in [2.05, 4.69) is 24.5 Å². The topological polar surface area (TPSA) is 87.7 Å². The van der Waals surface area contributed by atoms with Crippen molar-refractivity contribution < 1.29 is 19.4 Å². The molecule has 0 heterocycles. The van der Waals surface area contributed by atoms with Crippen molar-refractivity contribution in [2.24, 2.45) is 5.41 Å². The van der Waals surface area contributed by atoms with Gasteiger partial charge < -0.3 is 20.5 Å². The van der Waals surface area contributed by atoms with Crippen molar-refractivity contribution in [3.63, 3.8) is 0 Å². The zero-order valence-corrected chi connectivity index (χ0v) is 13.0. The number of rotatable bonds is 10. The highest BCUT2D eigenvalue weighted by molar-refractivity contribution is 5.74. The molecule has 0 radical (unpaired) electrons. The number of nitrogens with one attached hydrogen (secondary N) is 2. The molecule has 0 aromatic heterocycles. The van der Waals surface area contributed by atoms with Gasteiger partial charge in [0.2, 0.25) is 0 Å². The van der Waals surface area contributed by atoms with Crippen molar-refractivity contribution in [3.8, 4) is 0 Å². The molecule has 0 aromatic rings. The molecule has 0 bridgehead atoms. The number of urea groups is 1. The minimum Gasteiger partial charge on any atom is -0.481 e. The lowest BCUT2D eigenvalue weighted by Crippen LogP contribution is -2.44. The minimum atomic E-state index is -0.804. The van der Waals surface area contributed by atoms with E-state index in [9.17, 15) is 9.59 Å². The van der Waals surface area contributed by atoms with Crippen LogP contribution in [0.1, 0.15) is 46.5 Å². The minimum absolute atomic E-state index is 0.0140. The standard InChI is InChI=1S/C14H28N2O4/c1-11(6-5-7-12(17)18)16-13(19)15-10-14(2,3)8-9-20-4/h11H,5-10H2,1-4H3,(H,17,18)(H2,15,16,19). The molecular weight excluding hydrogens is 260 g/mol. The van der Waals surface area contributed by atoms with E-state index in [-0.39, 0.29) is 23.9 Å². The molecule has 0 rings (SSSR count). The van der Waals surface area contributed by atoms with Crippen LogP contribution in [-0.2, 0) is 9.53 Å². The fourth-order valence-corrected chi connectivity index (χ4v) is 1.69. The lowest BCUT2D eigenvalue weighted by atomic mass is 9.90. The maximum absolute atomic E-state index is 11.7. The van der Waals surface area contributed by atoms with Crippen LogP contribution in [0.4, 0.5) is 4.79 Å². The number of hydrogen-bond acceptors (Lipinski definition) is 3. The lowest BCUT2D eigenvalue weighted by molar-refractivity contribution is -0.137. The van der Waals surface area contributed by atoms with E-state index in [1.165, 1.54) is 0 Å². The van der Waals surface area contributed by atoms with Crippen LogP contribution in [-0.4, -0.2) is 43.4 Å². The normalized spacial score (nSPS) is 12.8. The van der Waals surface area contributed by atoms with Gasteiger partial charge in [0.15, 0.2) is 0 Å². The third-order valence-electron chi connectivity index (χ3n) is 3.12. The largest absolute Gasteiger partial charge is 0.481 e. The predicted molar refractivity (Wildman–Crippen MR) is 77.8 cm³/mol. The zero-order chi connectivity index (χ0) is 15.6. The summed E-state index contributed by atoms with van der Waals surface area (Å²) in [7, 11) is 1.66. The number of carboxylic acids is 1. The third kappa shape index (κ3) is 10.6. The molecule has 6 nitrogen and oxygen atoms in total. The number of amides is 2. The number of carbonyl (C=O) groups excluding carboxylic acids is 1. The van der Waals surface area contributed by atoms with Crippen molar-refractivity contribution in [1.82, 2.24) is 10.6 Å². The summed E-state index contributed by atoms with van der Waals surface area (Å²) in [5.74, 6) is -0.804. The Morgan fingerprint density at radius 1 is 1.35 bits per heavy atom. The Hall–Kier alpha value is -1.30. The molecule has 0 saturated heterocycles. The summed E-state index contributed by atoms with van der Waals surface area (Å²) in [6.07, 6.45) is 2.23. The van der Waals surface area contributed by atoms with Gasteiger partial charge in [0.1, 0.15) is 0 Å². The highest BCUT2D eigenvalue weighted by Gasteiger charge is 2.18. The van der Waals surface area contributed by atoms with Crippen LogP contribution in [0, 0.1) is 5.41 Å². The van der Waals surface area contributed by atoms with Gasteiger partial charge in [0, 0.05) is 32.7 Å². The molecule has 0 aromatic carbocycles. The van der Waals surface area contributed by atoms with Gasteiger partial charge in [0.05, 0.1) is 0 Å². The molecular formula is C14H28N2O4. The number of ether oxygens (including phenoxy) is 1. The second-order valence-electron chi connectivity index (χ2n) is 5.92. The van der Waals surface area contributed by atoms with Gasteiger partial charge in [-0.05, 0) is 31.6 Å². The summed E-state index contributed by atoms with van der Waals surface area (Å²) < 4.78 is 5.04. The van der Waals surface area contributed by atoms with Crippen molar-refractivity contribution in [1.29, 1.82) is 0 Å². The molecule has 20 heavy (non-hydrogen) atoms. The Labute approximate surface area is 121 Å². The van der Waals surface area contributed by atoms with E-state index in [4.69, 9.17) is 9.84 Å². The first-order valence-electron chi connectivity index (χ1n) is 7.02. The van der Waals surface area contributed by atoms with Gasteiger partial charge in [-0.2, -0.15) is 0 Å². The lowest BCUT2D eigenvalue weighted by Gasteiger charge is -2.25. The van der Waals surface area contributed by atoms with Crippen LogP contribution in [0.3, 0.4) is 0 Å². The summed E-state index contributed by atoms with van der Waals surface area (Å²) in [5.41, 5.74) is -0.0140. The zero-order valence-electron chi connectivity index (χ0n) is 13.0. The van der Waals surface area contributed by atoms with Gasteiger partial charge in [-0.1, -0.05) is 13.8 Å². The Bertz CT molecular complexity index is 306. The molecule has 0 saturated carbocycles. The molecule has 0 spiro atoms.